The second-order valence-electron chi connectivity index (χ2n) is 5.98. The fourth-order valence-electron chi connectivity index (χ4n) is 2.76. The molecule has 4 rings (SSSR count). The zero-order chi connectivity index (χ0) is 20.4. The van der Waals surface area contributed by atoms with Crippen molar-refractivity contribution in [2.75, 3.05) is 5.32 Å². The Kier molecular flexibility index (Phi) is 5.06. The van der Waals surface area contributed by atoms with Crippen molar-refractivity contribution in [2.24, 2.45) is 0 Å². The van der Waals surface area contributed by atoms with Crippen LogP contribution in [0, 0.1) is 6.92 Å². The van der Waals surface area contributed by atoms with Gasteiger partial charge in [0, 0.05) is 35.0 Å². The molecule has 1 aliphatic carbocycles. The molecular formula is C20H12ClF2N5O. The van der Waals surface area contributed by atoms with Crippen LogP contribution in [0.3, 0.4) is 0 Å². The van der Waals surface area contributed by atoms with Gasteiger partial charge in [0.1, 0.15) is 17.3 Å². The van der Waals surface area contributed by atoms with E-state index in [4.69, 9.17) is 11.6 Å². The molecular weight excluding hydrogens is 400 g/mol. The number of fused-ring (bicyclic) bond motifs is 1. The summed E-state index contributed by atoms with van der Waals surface area (Å²) in [6.07, 6.45) is 7.28. The maximum atomic E-state index is 12.5. The number of anilines is 1. The van der Waals surface area contributed by atoms with Crippen LogP contribution in [0.25, 0.3) is 22.4 Å². The smallest absolute Gasteiger partial charge is 0.387 e. The number of aromatic nitrogens is 4. The molecule has 0 atom stereocenters. The number of ether oxygens (including phenoxy) is 1. The summed E-state index contributed by atoms with van der Waals surface area (Å²) in [5, 5.41) is 4.22. The zero-order valence-electron chi connectivity index (χ0n) is 14.9. The largest absolute Gasteiger partial charge is 0.434 e. The van der Waals surface area contributed by atoms with E-state index in [9.17, 15) is 8.78 Å². The van der Waals surface area contributed by atoms with Crippen LogP contribution in [0.1, 0.15) is 5.56 Å². The topological polar surface area (TPSA) is 72.8 Å². The van der Waals surface area contributed by atoms with Crippen molar-refractivity contribution < 1.29 is 13.5 Å². The van der Waals surface area contributed by atoms with Gasteiger partial charge in [0.05, 0.1) is 17.4 Å². The summed E-state index contributed by atoms with van der Waals surface area (Å²) in [6, 6.07) is 3.51. The van der Waals surface area contributed by atoms with E-state index in [0.717, 1.165) is 5.56 Å². The van der Waals surface area contributed by atoms with Crippen molar-refractivity contribution in [2.45, 2.75) is 13.5 Å². The van der Waals surface area contributed by atoms with E-state index < -0.39 is 6.61 Å². The minimum absolute atomic E-state index is 0.0528. The molecule has 3 aromatic rings. The van der Waals surface area contributed by atoms with Gasteiger partial charge >= 0.3 is 6.61 Å². The summed E-state index contributed by atoms with van der Waals surface area (Å²) in [7, 11) is 0. The van der Waals surface area contributed by atoms with Gasteiger partial charge in [0.25, 0.3) is 0 Å². The molecule has 144 valence electrons. The van der Waals surface area contributed by atoms with E-state index in [1.165, 1.54) is 12.2 Å². The first-order valence-electron chi connectivity index (χ1n) is 8.39. The lowest BCUT2D eigenvalue weighted by atomic mass is 10.1. The van der Waals surface area contributed by atoms with Crippen LogP contribution in [-0.4, -0.2) is 26.5 Å². The molecule has 0 unspecified atom stereocenters. The van der Waals surface area contributed by atoms with Gasteiger partial charge in [-0.1, -0.05) is 17.3 Å². The van der Waals surface area contributed by atoms with E-state index in [1.54, 1.807) is 30.7 Å². The summed E-state index contributed by atoms with van der Waals surface area (Å²) in [4.78, 5) is 17.4. The van der Waals surface area contributed by atoms with Crippen LogP contribution in [-0.2, 0) is 4.74 Å². The van der Waals surface area contributed by atoms with Crippen LogP contribution in [0.4, 0.5) is 14.6 Å². The highest BCUT2D eigenvalue weighted by Gasteiger charge is 2.15. The number of nitrogens with one attached hydrogen (secondary N) is 1. The van der Waals surface area contributed by atoms with Gasteiger partial charge in [-0.25, -0.2) is 15.0 Å². The third-order valence-electron chi connectivity index (χ3n) is 3.93. The molecule has 0 amide bonds. The molecule has 2 heterocycles. The minimum Gasteiger partial charge on any atom is -0.434 e. The van der Waals surface area contributed by atoms with Crippen molar-refractivity contribution >= 4 is 28.3 Å². The van der Waals surface area contributed by atoms with Crippen LogP contribution < -0.4 is 5.32 Å². The zero-order valence-corrected chi connectivity index (χ0v) is 15.7. The first kappa shape index (κ1) is 18.8. The highest BCUT2D eigenvalue weighted by molar-refractivity contribution is 6.31. The van der Waals surface area contributed by atoms with Crippen LogP contribution in [0.2, 0.25) is 5.02 Å². The molecule has 0 saturated carbocycles. The molecule has 9 heteroatoms. The predicted octanol–water partition coefficient (Wildman–Crippen LogP) is 4.79. The number of halogens is 3. The normalized spacial score (nSPS) is 12.9. The Morgan fingerprint density at radius 2 is 2.07 bits per heavy atom. The Morgan fingerprint density at radius 3 is 2.83 bits per heavy atom. The lowest BCUT2D eigenvalue weighted by Gasteiger charge is -2.13. The average molecular weight is 412 g/mol. The van der Waals surface area contributed by atoms with Gasteiger partial charge in [0.2, 0.25) is 0 Å². The second-order valence-corrected chi connectivity index (χ2v) is 6.42. The van der Waals surface area contributed by atoms with Crippen molar-refractivity contribution in [3.8, 4) is 11.5 Å². The number of benzene rings is 1. The Balaban J connectivity index is 1.84. The number of nitrogens with zero attached hydrogens (tertiary/aromatic N) is 4. The Morgan fingerprint density at radius 1 is 1.21 bits per heavy atom. The molecule has 0 radical (unpaired) electrons. The highest BCUT2D eigenvalue weighted by atomic mass is 35.5. The highest BCUT2D eigenvalue weighted by Crippen LogP contribution is 2.30. The Labute approximate surface area is 169 Å². The fourth-order valence-corrected chi connectivity index (χ4v) is 3.03. The number of alkyl halides is 2. The van der Waals surface area contributed by atoms with Crippen molar-refractivity contribution in [3.63, 3.8) is 0 Å². The van der Waals surface area contributed by atoms with Gasteiger partial charge in [0.15, 0.2) is 5.82 Å². The van der Waals surface area contributed by atoms with Crippen LogP contribution in [0.5, 0.6) is 0 Å². The van der Waals surface area contributed by atoms with Crippen LogP contribution >= 0.6 is 11.6 Å². The van der Waals surface area contributed by atoms with E-state index in [-0.39, 0.29) is 5.76 Å². The summed E-state index contributed by atoms with van der Waals surface area (Å²) < 4.78 is 29.4. The third-order valence-corrected chi connectivity index (χ3v) is 4.15. The number of aryl methyl sites for hydroxylation is 1. The molecule has 0 bridgehead atoms. The summed E-state index contributed by atoms with van der Waals surface area (Å²) >= 11 is 6.22. The molecule has 1 aromatic carbocycles. The fraction of sp³-hybridized carbons (Fsp3) is 0.100. The van der Waals surface area contributed by atoms with Gasteiger partial charge in [-0.15, -0.1) is 0 Å². The minimum atomic E-state index is -2.94. The number of allylic oxidation sites excluding steroid dienone is 2. The molecule has 0 spiro atoms. The molecule has 1 aliphatic rings. The molecule has 0 fully saturated rings. The first-order valence-corrected chi connectivity index (χ1v) is 8.77. The van der Waals surface area contributed by atoms with Crippen molar-refractivity contribution in [1.29, 1.82) is 0 Å². The summed E-state index contributed by atoms with van der Waals surface area (Å²) in [5.74, 6) is 0.700. The monoisotopic (exact) mass is 411 g/mol. The number of hydrogen-bond donors (Lipinski definition) is 1. The first-order chi connectivity index (χ1) is 14.0. The van der Waals surface area contributed by atoms with E-state index >= 15 is 0 Å². The Hall–Kier alpha value is -3.57. The van der Waals surface area contributed by atoms with Gasteiger partial charge in [-0.2, -0.15) is 8.78 Å². The SMILES string of the molecule is Cc1cc(Cl)cc2c(NC3=C=C=CC(OC(F)F)=C3)nc(-c3cnccn3)nc12. The number of rotatable bonds is 5. The summed E-state index contributed by atoms with van der Waals surface area (Å²) in [6.45, 7) is -1.06. The third kappa shape index (κ3) is 4.15. The van der Waals surface area contributed by atoms with E-state index in [2.05, 4.69) is 41.5 Å². The molecule has 1 N–H and O–H groups in total. The standard InChI is InChI=1S/C20H12ClF2N5O/c1-11-7-12(21)8-15-17(11)27-19(16-10-24-5-6-25-16)28-18(15)26-13-3-2-4-14(9-13)29-20(22)23/h4-10,20H,1H3,(H,26,27,28). The molecule has 6 nitrogen and oxygen atoms in total. The lowest BCUT2D eigenvalue weighted by molar-refractivity contribution is -0.0920. The molecule has 2 aromatic heterocycles. The maximum absolute atomic E-state index is 12.5. The van der Waals surface area contributed by atoms with Gasteiger partial charge in [-0.05, 0) is 30.4 Å². The van der Waals surface area contributed by atoms with Crippen molar-refractivity contribution in [1.82, 2.24) is 19.9 Å². The predicted molar refractivity (Wildman–Crippen MR) is 104 cm³/mol. The quantitative estimate of drug-likeness (QED) is 0.608. The summed E-state index contributed by atoms with van der Waals surface area (Å²) in [5.41, 5.74) is 7.76. The maximum Gasteiger partial charge on any atom is 0.387 e. The van der Waals surface area contributed by atoms with E-state index in [0.29, 0.717) is 39.0 Å². The van der Waals surface area contributed by atoms with E-state index in [1.807, 2.05) is 6.92 Å². The molecule has 0 saturated heterocycles. The molecule has 0 aliphatic heterocycles. The lowest BCUT2D eigenvalue weighted by Crippen LogP contribution is -2.06. The van der Waals surface area contributed by atoms with Gasteiger partial charge < -0.3 is 10.1 Å². The number of hydrogen-bond acceptors (Lipinski definition) is 6. The molecule has 29 heavy (non-hydrogen) atoms. The second kappa shape index (κ2) is 7.81. The van der Waals surface area contributed by atoms with Crippen molar-refractivity contribution in [3.05, 3.63) is 76.4 Å². The van der Waals surface area contributed by atoms with Crippen LogP contribution in [0.15, 0.2) is 65.8 Å². The average Bonchev–Trinajstić information content (AvgIpc) is 2.69. The Bertz CT molecular complexity index is 1230. The van der Waals surface area contributed by atoms with Gasteiger partial charge in [-0.3, -0.25) is 4.98 Å².